The molecule has 0 aliphatic heterocycles. The Bertz CT molecular complexity index is 591. The number of carbonyl (C=O) groups excluding carboxylic acids is 1. The van der Waals surface area contributed by atoms with Crippen LogP contribution < -0.4 is 10.9 Å². The van der Waals surface area contributed by atoms with Gasteiger partial charge in [-0.25, -0.2) is 0 Å². The van der Waals surface area contributed by atoms with E-state index in [2.05, 4.69) is 10.3 Å². The second-order valence-electron chi connectivity index (χ2n) is 5.20. The number of pyridine rings is 1. The van der Waals surface area contributed by atoms with E-state index in [0.717, 1.165) is 36.9 Å². The molecule has 0 bridgehead atoms. The van der Waals surface area contributed by atoms with E-state index >= 15 is 0 Å². The minimum Gasteiger partial charge on any atom is -0.481 e. The summed E-state index contributed by atoms with van der Waals surface area (Å²) in [4.78, 5) is 37.2. The van der Waals surface area contributed by atoms with Crippen molar-refractivity contribution in [2.75, 3.05) is 0 Å². The first-order chi connectivity index (χ1) is 9.47. The smallest absolute Gasteiger partial charge is 0.305 e. The number of amides is 1. The molecule has 0 aromatic carbocycles. The molecule has 1 aliphatic carbocycles. The second kappa shape index (κ2) is 5.90. The first kappa shape index (κ1) is 14.3. The molecule has 3 N–H and O–H groups in total. The van der Waals surface area contributed by atoms with Crippen molar-refractivity contribution < 1.29 is 14.7 Å². The lowest BCUT2D eigenvalue weighted by atomic mass is 9.95. The Balaban J connectivity index is 2.18. The second-order valence-corrected chi connectivity index (χ2v) is 5.20. The molecule has 6 heteroatoms. The fourth-order valence-electron chi connectivity index (χ4n) is 2.46. The van der Waals surface area contributed by atoms with Crippen molar-refractivity contribution in [2.24, 2.45) is 0 Å². The van der Waals surface area contributed by atoms with Crippen LogP contribution in [0, 0.1) is 0 Å². The van der Waals surface area contributed by atoms with E-state index in [9.17, 15) is 14.4 Å². The number of carboxylic acid groups (broad SMARTS) is 1. The van der Waals surface area contributed by atoms with Gasteiger partial charge in [-0.15, -0.1) is 0 Å². The first-order valence-electron chi connectivity index (χ1n) is 6.75. The zero-order valence-electron chi connectivity index (χ0n) is 11.4. The topological polar surface area (TPSA) is 99.3 Å². The highest BCUT2D eigenvalue weighted by Gasteiger charge is 2.19. The predicted molar refractivity (Wildman–Crippen MR) is 72.9 cm³/mol. The number of carbonyl (C=O) groups is 2. The molecule has 108 valence electrons. The summed E-state index contributed by atoms with van der Waals surface area (Å²) in [5, 5.41) is 11.2. The van der Waals surface area contributed by atoms with Crippen molar-refractivity contribution in [1.82, 2.24) is 10.3 Å². The Kier molecular flexibility index (Phi) is 4.22. The number of aromatic amines is 1. The molecule has 1 heterocycles. The average molecular weight is 278 g/mol. The van der Waals surface area contributed by atoms with Crippen molar-refractivity contribution in [3.8, 4) is 0 Å². The number of rotatable bonds is 4. The summed E-state index contributed by atoms with van der Waals surface area (Å²) >= 11 is 0. The number of aryl methyl sites for hydroxylation is 2. The minimum atomic E-state index is -0.989. The van der Waals surface area contributed by atoms with Gasteiger partial charge >= 0.3 is 5.97 Å². The van der Waals surface area contributed by atoms with Gasteiger partial charge in [-0.05, 0) is 44.2 Å². The Labute approximate surface area is 116 Å². The van der Waals surface area contributed by atoms with E-state index in [1.54, 1.807) is 13.0 Å². The molecule has 6 nitrogen and oxygen atoms in total. The van der Waals surface area contributed by atoms with E-state index in [0.29, 0.717) is 0 Å². The lowest BCUT2D eigenvalue weighted by Crippen LogP contribution is -2.37. The van der Waals surface area contributed by atoms with Crippen molar-refractivity contribution in [2.45, 2.75) is 45.1 Å². The van der Waals surface area contributed by atoms with Crippen LogP contribution in [0.3, 0.4) is 0 Å². The quantitative estimate of drug-likeness (QED) is 0.760. The summed E-state index contributed by atoms with van der Waals surface area (Å²) in [5.41, 5.74) is 1.57. The fraction of sp³-hybridized carbons (Fsp3) is 0.500. The van der Waals surface area contributed by atoms with E-state index < -0.39 is 23.5 Å². The van der Waals surface area contributed by atoms with Gasteiger partial charge < -0.3 is 15.4 Å². The number of carboxylic acids is 1. The molecule has 1 unspecified atom stereocenters. The molecule has 2 rings (SSSR count). The van der Waals surface area contributed by atoms with Gasteiger partial charge in [-0.2, -0.15) is 0 Å². The Morgan fingerprint density at radius 3 is 2.80 bits per heavy atom. The van der Waals surface area contributed by atoms with Crippen molar-refractivity contribution in [3.63, 3.8) is 0 Å². The number of nitrogens with one attached hydrogen (secondary N) is 2. The van der Waals surface area contributed by atoms with Crippen LogP contribution in [0.2, 0.25) is 0 Å². The lowest BCUT2D eigenvalue weighted by molar-refractivity contribution is -0.137. The highest BCUT2D eigenvalue weighted by atomic mass is 16.4. The van der Waals surface area contributed by atoms with Gasteiger partial charge in [0.15, 0.2) is 0 Å². The molecule has 1 amide bonds. The van der Waals surface area contributed by atoms with Crippen molar-refractivity contribution in [3.05, 3.63) is 33.2 Å². The first-order valence-corrected chi connectivity index (χ1v) is 6.75. The van der Waals surface area contributed by atoms with Crippen LogP contribution in [0.15, 0.2) is 10.9 Å². The number of hydrogen-bond acceptors (Lipinski definition) is 3. The monoisotopic (exact) mass is 278 g/mol. The number of fused-ring (bicyclic) bond motifs is 1. The molecule has 0 saturated carbocycles. The SMILES string of the molecule is CC(CC(=O)O)NC(=O)c1cc2c([nH]c1=O)CCCC2. The molecule has 0 radical (unpaired) electrons. The van der Waals surface area contributed by atoms with E-state index in [1.807, 2.05) is 0 Å². The Morgan fingerprint density at radius 2 is 2.10 bits per heavy atom. The van der Waals surface area contributed by atoms with Crippen LogP contribution in [-0.4, -0.2) is 28.0 Å². The molecule has 1 atom stereocenters. The summed E-state index contributed by atoms with van der Waals surface area (Å²) in [6, 6.07) is 1.12. The van der Waals surface area contributed by atoms with Crippen LogP contribution in [0.25, 0.3) is 0 Å². The summed E-state index contributed by atoms with van der Waals surface area (Å²) < 4.78 is 0. The molecular formula is C14H18N2O4. The average Bonchev–Trinajstić information content (AvgIpc) is 2.36. The van der Waals surface area contributed by atoms with Crippen LogP contribution >= 0.6 is 0 Å². The number of hydrogen-bond donors (Lipinski definition) is 3. The van der Waals surface area contributed by atoms with Gasteiger partial charge in [0, 0.05) is 11.7 Å². The van der Waals surface area contributed by atoms with E-state index in [1.165, 1.54) is 0 Å². The maximum atomic E-state index is 12.0. The molecule has 1 aromatic rings. The molecule has 0 fully saturated rings. The zero-order valence-corrected chi connectivity index (χ0v) is 11.4. The van der Waals surface area contributed by atoms with Crippen LogP contribution in [0.5, 0.6) is 0 Å². The zero-order chi connectivity index (χ0) is 14.7. The summed E-state index contributed by atoms with van der Waals surface area (Å²) in [6.45, 7) is 1.60. The van der Waals surface area contributed by atoms with Gasteiger partial charge in [-0.1, -0.05) is 0 Å². The number of H-pyrrole nitrogens is 1. The third kappa shape index (κ3) is 3.26. The minimum absolute atomic E-state index is 0.0582. The predicted octanol–water partition coefficient (Wildman–Crippen LogP) is 0.847. The van der Waals surface area contributed by atoms with Crippen LogP contribution in [0.1, 0.15) is 47.8 Å². The lowest BCUT2D eigenvalue weighted by Gasteiger charge is -2.17. The number of aromatic nitrogens is 1. The van der Waals surface area contributed by atoms with Gasteiger partial charge in [0.05, 0.1) is 6.42 Å². The molecule has 1 aliphatic rings. The largest absolute Gasteiger partial charge is 0.481 e. The van der Waals surface area contributed by atoms with Crippen LogP contribution in [-0.2, 0) is 17.6 Å². The van der Waals surface area contributed by atoms with E-state index in [4.69, 9.17) is 5.11 Å². The fourth-order valence-corrected chi connectivity index (χ4v) is 2.46. The number of aliphatic carboxylic acids is 1. The van der Waals surface area contributed by atoms with E-state index in [-0.39, 0.29) is 12.0 Å². The highest BCUT2D eigenvalue weighted by molar-refractivity contribution is 5.94. The summed E-state index contributed by atoms with van der Waals surface area (Å²) in [7, 11) is 0. The van der Waals surface area contributed by atoms with Crippen LogP contribution in [0.4, 0.5) is 0 Å². The van der Waals surface area contributed by atoms with Gasteiger partial charge in [-0.3, -0.25) is 14.4 Å². The van der Waals surface area contributed by atoms with Gasteiger partial charge in [0.1, 0.15) is 5.56 Å². The van der Waals surface area contributed by atoms with Crippen molar-refractivity contribution >= 4 is 11.9 Å². The highest BCUT2D eigenvalue weighted by Crippen LogP contribution is 2.18. The molecule has 1 aromatic heterocycles. The van der Waals surface area contributed by atoms with Crippen molar-refractivity contribution in [1.29, 1.82) is 0 Å². The third-order valence-corrected chi connectivity index (χ3v) is 3.44. The normalized spacial score (nSPS) is 15.2. The van der Waals surface area contributed by atoms with Gasteiger partial charge in [0.2, 0.25) is 0 Å². The molecule has 20 heavy (non-hydrogen) atoms. The Morgan fingerprint density at radius 1 is 1.40 bits per heavy atom. The maximum absolute atomic E-state index is 12.0. The molecular weight excluding hydrogens is 260 g/mol. The molecule has 0 saturated heterocycles. The summed E-state index contributed by atoms with van der Waals surface area (Å²) in [6.07, 6.45) is 3.62. The standard InChI is InChI=1S/C14H18N2O4/c1-8(6-12(17)18)15-13(19)10-7-9-4-2-3-5-11(9)16-14(10)20/h7-8H,2-6H2,1H3,(H,15,19)(H,16,20)(H,17,18). The molecule has 0 spiro atoms. The Hall–Kier alpha value is -2.11. The van der Waals surface area contributed by atoms with Gasteiger partial charge in [0.25, 0.3) is 11.5 Å². The third-order valence-electron chi connectivity index (χ3n) is 3.44. The summed E-state index contributed by atoms with van der Waals surface area (Å²) in [5.74, 6) is -1.51. The maximum Gasteiger partial charge on any atom is 0.305 e.